The van der Waals surface area contributed by atoms with E-state index in [2.05, 4.69) is 4.90 Å². The molecule has 0 spiro atoms. The first-order chi connectivity index (χ1) is 12.7. The molecule has 0 saturated carbocycles. The maximum Gasteiger partial charge on any atom is 0.180 e. The van der Waals surface area contributed by atoms with E-state index in [1.165, 1.54) is 0 Å². The van der Waals surface area contributed by atoms with E-state index in [1.54, 1.807) is 0 Å². The van der Waals surface area contributed by atoms with Gasteiger partial charge in [0, 0.05) is 18.7 Å². The van der Waals surface area contributed by atoms with Crippen molar-refractivity contribution in [3.8, 4) is 11.5 Å². The van der Waals surface area contributed by atoms with E-state index in [-0.39, 0.29) is 0 Å². The smallest absolute Gasteiger partial charge is 0.180 e. The molecular formula is C20H22ClNO3S. The van der Waals surface area contributed by atoms with Gasteiger partial charge < -0.3 is 19.1 Å². The summed E-state index contributed by atoms with van der Waals surface area (Å²) in [6.07, 6.45) is 0. The summed E-state index contributed by atoms with van der Waals surface area (Å²) in [5.74, 6) is 1.16. The van der Waals surface area contributed by atoms with Crippen molar-refractivity contribution in [1.82, 2.24) is 4.90 Å². The lowest BCUT2D eigenvalue weighted by atomic mass is 10.1. The van der Waals surface area contributed by atoms with Crippen molar-refractivity contribution >= 4 is 28.8 Å². The molecule has 6 heteroatoms. The van der Waals surface area contributed by atoms with E-state index in [4.69, 9.17) is 38.0 Å². The van der Waals surface area contributed by atoms with Crippen LogP contribution < -0.4 is 9.47 Å². The summed E-state index contributed by atoms with van der Waals surface area (Å²) in [4.78, 5) is 2.89. The minimum atomic E-state index is 0.424. The molecule has 0 atom stereocenters. The van der Waals surface area contributed by atoms with Crippen LogP contribution in [0.25, 0.3) is 0 Å². The molecule has 0 N–H and O–H groups in total. The predicted molar refractivity (Wildman–Crippen MR) is 107 cm³/mol. The van der Waals surface area contributed by atoms with Crippen LogP contribution in [0.3, 0.4) is 0 Å². The maximum atomic E-state index is 6.51. The maximum absolute atomic E-state index is 6.51. The Labute approximate surface area is 164 Å². The highest BCUT2D eigenvalue weighted by atomic mass is 35.5. The summed E-state index contributed by atoms with van der Waals surface area (Å²) in [6, 6.07) is 13.7. The fraction of sp³-hybridized carbons (Fsp3) is 0.350. The monoisotopic (exact) mass is 391 g/mol. The average Bonchev–Trinajstić information content (AvgIpc) is 2.68. The zero-order valence-electron chi connectivity index (χ0n) is 14.7. The molecule has 1 aliphatic heterocycles. The third kappa shape index (κ3) is 4.67. The largest absolute Gasteiger partial charge is 0.490 e. The molecule has 1 saturated heterocycles. The fourth-order valence-electron chi connectivity index (χ4n) is 2.77. The summed E-state index contributed by atoms with van der Waals surface area (Å²) >= 11 is 12.2. The number of halogens is 1. The first-order valence-electron chi connectivity index (χ1n) is 8.69. The lowest BCUT2D eigenvalue weighted by Crippen LogP contribution is -2.40. The Hall–Kier alpha value is -1.82. The van der Waals surface area contributed by atoms with Crippen molar-refractivity contribution in [3.63, 3.8) is 0 Å². The lowest BCUT2D eigenvalue weighted by Gasteiger charge is -2.29. The summed E-state index contributed by atoms with van der Waals surface area (Å²) in [5, 5.41) is 0.498. The van der Waals surface area contributed by atoms with Crippen LogP contribution in [0.2, 0.25) is 5.02 Å². The van der Waals surface area contributed by atoms with Crippen LogP contribution in [0.1, 0.15) is 18.1 Å². The van der Waals surface area contributed by atoms with E-state index in [1.807, 2.05) is 49.4 Å². The Bertz CT molecular complexity index is 748. The van der Waals surface area contributed by atoms with E-state index >= 15 is 0 Å². The molecule has 2 aromatic rings. The number of thiocarbonyl (C=S) groups is 1. The Balaban J connectivity index is 1.81. The molecular weight excluding hydrogens is 370 g/mol. The van der Waals surface area contributed by atoms with Gasteiger partial charge in [-0.2, -0.15) is 0 Å². The highest BCUT2D eigenvalue weighted by Gasteiger charge is 2.19. The zero-order valence-corrected chi connectivity index (χ0v) is 16.3. The molecule has 0 aromatic heterocycles. The van der Waals surface area contributed by atoms with Crippen LogP contribution in [-0.4, -0.2) is 42.8 Å². The lowest BCUT2D eigenvalue weighted by molar-refractivity contribution is 0.0693. The number of ether oxygens (including phenoxy) is 3. The normalized spacial score (nSPS) is 14.2. The van der Waals surface area contributed by atoms with Crippen LogP contribution in [-0.2, 0) is 11.3 Å². The van der Waals surface area contributed by atoms with Gasteiger partial charge in [-0.05, 0) is 24.6 Å². The number of hydrogen-bond acceptors (Lipinski definition) is 4. The molecule has 0 radical (unpaired) electrons. The average molecular weight is 392 g/mol. The van der Waals surface area contributed by atoms with Crippen molar-refractivity contribution in [2.45, 2.75) is 13.5 Å². The van der Waals surface area contributed by atoms with Crippen LogP contribution in [0, 0.1) is 0 Å². The van der Waals surface area contributed by atoms with E-state index in [9.17, 15) is 0 Å². The van der Waals surface area contributed by atoms with Gasteiger partial charge in [-0.25, -0.2) is 0 Å². The van der Waals surface area contributed by atoms with Crippen molar-refractivity contribution in [3.05, 3.63) is 58.6 Å². The Morgan fingerprint density at radius 3 is 2.58 bits per heavy atom. The van der Waals surface area contributed by atoms with Gasteiger partial charge in [-0.1, -0.05) is 54.2 Å². The minimum Gasteiger partial charge on any atom is -0.490 e. The van der Waals surface area contributed by atoms with Crippen molar-refractivity contribution in [1.29, 1.82) is 0 Å². The van der Waals surface area contributed by atoms with E-state index in [0.29, 0.717) is 42.9 Å². The minimum absolute atomic E-state index is 0.424. The van der Waals surface area contributed by atoms with Gasteiger partial charge in [0.1, 0.15) is 11.6 Å². The van der Waals surface area contributed by atoms with Crippen LogP contribution in [0.5, 0.6) is 11.5 Å². The van der Waals surface area contributed by atoms with Gasteiger partial charge in [-0.15, -0.1) is 0 Å². The van der Waals surface area contributed by atoms with Crippen molar-refractivity contribution in [2.75, 3.05) is 32.9 Å². The molecule has 0 aliphatic carbocycles. The standard InChI is InChI=1S/C20H22ClNO3S/c1-2-24-18-13-16(20(26)22-8-10-23-11-9-22)12-17(21)19(18)25-14-15-6-4-3-5-7-15/h3-7,12-13H,2,8-11,14H2,1H3. The molecule has 0 unspecified atom stereocenters. The second kappa shape index (κ2) is 9.21. The number of hydrogen-bond donors (Lipinski definition) is 0. The van der Waals surface area contributed by atoms with Crippen molar-refractivity contribution in [2.24, 2.45) is 0 Å². The van der Waals surface area contributed by atoms with Gasteiger partial charge in [-0.3, -0.25) is 0 Å². The fourth-order valence-corrected chi connectivity index (χ4v) is 3.34. The number of rotatable bonds is 6. The highest BCUT2D eigenvalue weighted by Crippen LogP contribution is 2.37. The van der Waals surface area contributed by atoms with Gasteiger partial charge in [0.05, 0.1) is 24.8 Å². The third-order valence-electron chi connectivity index (χ3n) is 4.08. The summed E-state index contributed by atoms with van der Waals surface area (Å²) in [7, 11) is 0. The Morgan fingerprint density at radius 2 is 1.88 bits per heavy atom. The predicted octanol–water partition coefficient (Wildman–Crippen LogP) is 4.33. The second-order valence-corrected chi connectivity index (χ2v) is 6.69. The van der Waals surface area contributed by atoms with Gasteiger partial charge in [0.25, 0.3) is 0 Å². The van der Waals surface area contributed by atoms with Crippen LogP contribution in [0.15, 0.2) is 42.5 Å². The molecule has 0 bridgehead atoms. The number of morpholine rings is 1. The van der Waals surface area contributed by atoms with Gasteiger partial charge >= 0.3 is 0 Å². The topological polar surface area (TPSA) is 30.9 Å². The van der Waals surface area contributed by atoms with Gasteiger partial charge in [0.2, 0.25) is 0 Å². The molecule has 138 valence electrons. The number of nitrogens with zero attached hydrogens (tertiary/aromatic N) is 1. The molecule has 1 aliphatic rings. The molecule has 1 fully saturated rings. The summed E-state index contributed by atoms with van der Waals surface area (Å²) in [5.41, 5.74) is 1.93. The van der Waals surface area contributed by atoms with Gasteiger partial charge in [0.15, 0.2) is 11.5 Å². The quantitative estimate of drug-likeness (QED) is 0.684. The summed E-state index contributed by atoms with van der Waals surface area (Å²) < 4.78 is 17.1. The first kappa shape index (κ1) is 19.0. The zero-order chi connectivity index (χ0) is 18.4. The molecule has 0 amide bonds. The second-order valence-electron chi connectivity index (χ2n) is 5.90. The van der Waals surface area contributed by atoms with Crippen molar-refractivity contribution < 1.29 is 14.2 Å². The third-order valence-corrected chi connectivity index (χ3v) is 4.86. The molecule has 4 nitrogen and oxygen atoms in total. The summed E-state index contributed by atoms with van der Waals surface area (Å²) in [6.45, 7) is 5.82. The number of benzene rings is 2. The Kier molecular flexibility index (Phi) is 6.72. The molecule has 3 rings (SSSR count). The first-order valence-corrected chi connectivity index (χ1v) is 9.47. The SMILES string of the molecule is CCOc1cc(C(=S)N2CCOCC2)cc(Cl)c1OCc1ccccc1. The van der Waals surface area contributed by atoms with Crippen LogP contribution in [0.4, 0.5) is 0 Å². The highest BCUT2D eigenvalue weighted by molar-refractivity contribution is 7.80. The van der Waals surface area contributed by atoms with E-state index < -0.39 is 0 Å². The van der Waals surface area contributed by atoms with Crippen LogP contribution >= 0.6 is 23.8 Å². The molecule has 26 heavy (non-hydrogen) atoms. The molecule has 1 heterocycles. The Morgan fingerprint density at radius 1 is 1.15 bits per heavy atom. The van der Waals surface area contributed by atoms with E-state index in [0.717, 1.165) is 29.2 Å². The molecule has 2 aromatic carbocycles.